The maximum atomic E-state index is 5.68. The topological polar surface area (TPSA) is 82.3 Å². The van der Waals surface area contributed by atoms with E-state index in [-0.39, 0.29) is 0 Å². The van der Waals surface area contributed by atoms with Gasteiger partial charge in [-0.3, -0.25) is 0 Å². The zero-order chi connectivity index (χ0) is 14.9. The standard InChI is InChI=1S/C15H20N4O2/c1-2-9-21-14-6-7-17-15(19-14)18-8-10-20-13-5-3-4-12(16)11-13/h3-7,11H,2,8-10,16H2,1H3,(H,17,18,19). The minimum Gasteiger partial charge on any atom is -0.492 e. The number of hydrogen-bond acceptors (Lipinski definition) is 6. The Labute approximate surface area is 124 Å². The van der Waals surface area contributed by atoms with Gasteiger partial charge in [0.15, 0.2) is 0 Å². The Morgan fingerprint density at radius 1 is 1.19 bits per heavy atom. The van der Waals surface area contributed by atoms with Crippen LogP contribution in [0.1, 0.15) is 13.3 Å². The van der Waals surface area contributed by atoms with Gasteiger partial charge in [0.2, 0.25) is 11.8 Å². The first-order chi connectivity index (χ1) is 10.3. The van der Waals surface area contributed by atoms with E-state index in [4.69, 9.17) is 15.2 Å². The first-order valence-electron chi connectivity index (χ1n) is 6.96. The number of aromatic nitrogens is 2. The fourth-order valence-corrected chi connectivity index (χ4v) is 1.65. The van der Waals surface area contributed by atoms with Crippen molar-refractivity contribution in [3.8, 4) is 11.6 Å². The molecule has 0 saturated heterocycles. The molecule has 0 saturated carbocycles. The largest absolute Gasteiger partial charge is 0.492 e. The lowest BCUT2D eigenvalue weighted by molar-refractivity contribution is 0.305. The van der Waals surface area contributed by atoms with Crippen LogP contribution < -0.4 is 20.5 Å². The fraction of sp³-hybridized carbons (Fsp3) is 0.333. The maximum absolute atomic E-state index is 5.68. The van der Waals surface area contributed by atoms with Crippen molar-refractivity contribution in [1.82, 2.24) is 9.97 Å². The van der Waals surface area contributed by atoms with E-state index in [1.807, 2.05) is 25.1 Å². The molecule has 0 amide bonds. The number of hydrogen-bond donors (Lipinski definition) is 2. The molecule has 1 aromatic carbocycles. The molecule has 6 nitrogen and oxygen atoms in total. The summed E-state index contributed by atoms with van der Waals surface area (Å²) in [7, 11) is 0. The van der Waals surface area contributed by atoms with Gasteiger partial charge in [0, 0.05) is 24.0 Å². The molecular weight excluding hydrogens is 268 g/mol. The SMILES string of the molecule is CCCOc1ccnc(NCCOc2cccc(N)c2)n1. The second-order valence-electron chi connectivity index (χ2n) is 4.41. The molecule has 2 aromatic rings. The zero-order valence-corrected chi connectivity index (χ0v) is 12.1. The number of nitrogens with one attached hydrogen (secondary N) is 1. The molecule has 0 spiro atoms. The number of nitrogens with two attached hydrogens (primary N) is 1. The summed E-state index contributed by atoms with van der Waals surface area (Å²) in [6.45, 7) is 3.78. The summed E-state index contributed by atoms with van der Waals surface area (Å²) in [6, 6.07) is 9.07. The highest BCUT2D eigenvalue weighted by Gasteiger charge is 2.00. The third-order valence-corrected chi connectivity index (χ3v) is 2.60. The van der Waals surface area contributed by atoms with E-state index in [1.54, 1.807) is 18.3 Å². The molecule has 1 aromatic heterocycles. The minimum atomic E-state index is 0.493. The van der Waals surface area contributed by atoms with Gasteiger partial charge in [-0.2, -0.15) is 4.98 Å². The number of nitrogens with zero attached hydrogens (tertiary/aromatic N) is 2. The molecular formula is C15H20N4O2. The maximum Gasteiger partial charge on any atom is 0.226 e. The number of anilines is 2. The van der Waals surface area contributed by atoms with Gasteiger partial charge in [0.05, 0.1) is 13.2 Å². The van der Waals surface area contributed by atoms with E-state index in [0.29, 0.717) is 37.3 Å². The van der Waals surface area contributed by atoms with Crippen LogP contribution in [-0.4, -0.2) is 29.7 Å². The lowest BCUT2D eigenvalue weighted by Crippen LogP contribution is -2.13. The molecule has 0 aliphatic heterocycles. The van der Waals surface area contributed by atoms with Gasteiger partial charge in [-0.1, -0.05) is 13.0 Å². The Morgan fingerprint density at radius 3 is 2.90 bits per heavy atom. The van der Waals surface area contributed by atoms with Crippen molar-refractivity contribution >= 4 is 11.6 Å². The third kappa shape index (κ3) is 5.18. The number of nitrogen functional groups attached to an aromatic ring is 1. The molecule has 1 heterocycles. The Bertz CT molecular complexity index is 563. The molecule has 0 radical (unpaired) electrons. The lowest BCUT2D eigenvalue weighted by Gasteiger charge is -2.09. The summed E-state index contributed by atoms with van der Waals surface area (Å²) in [5, 5.41) is 3.09. The van der Waals surface area contributed by atoms with Crippen LogP contribution in [0.5, 0.6) is 11.6 Å². The summed E-state index contributed by atoms with van der Waals surface area (Å²) < 4.78 is 11.0. The average Bonchev–Trinajstić information content (AvgIpc) is 2.50. The molecule has 2 rings (SSSR count). The van der Waals surface area contributed by atoms with E-state index in [9.17, 15) is 0 Å². The van der Waals surface area contributed by atoms with Crippen LogP contribution in [0.4, 0.5) is 11.6 Å². The van der Waals surface area contributed by atoms with Gasteiger partial charge in [0.25, 0.3) is 0 Å². The summed E-state index contributed by atoms with van der Waals surface area (Å²) in [5.74, 6) is 1.85. The molecule has 0 bridgehead atoms. The van der Waals surface area contributed by atoms with Gasteiger partial charge >= 0.3 is 0 Å². The Hall–Kier alpha value is -2.50. The quantitative estimate of drug-likeness (QED) is 0.573. The second-order valence-corrected chi connectivity index (χ2v) is 4.41. The van der Waals surface area contributed by atoms with Crippen LogP contribution >= 0.6 is 0 Å². The molecule has 0 aliphatic carbocycles. The molecule has 0 aliphatic rings. The highest BCUT2D eigenvalue weighted by molar-refractivity contribution is 5.43. The first-order valence-corrected chi connectivity index (χ1v) is 6.96. The van der Waals surface area contributed by atoms with Gasteiger partial charge in [-0.25, -0.2) is 4.98 Å². The van der Waals surface area contributed by atoms with Crippen LogP contribution in [0, 0.1) is 0 Å². The monoisotopic (exact) mass is 288 g/mol. The van der Waals surface area contributed by atoms with Crippen molar-refractivity contribution in [2.24, 2.45) is 0 Å². The molecule has 3 N–H and O–H groups in total. The highest BCUT2D eigenvalue weighted by atomic mass is 16.5. The van der Waals surface area contributed by atoms with Gasteiger partial charge in [0.1, 0.15) is 12.4 Å². The predicted octanol–water partition coefficient (Wildman–Crippen LogP) is 2.34. The van der Waals surface area contributed by atoms with Crippen molar-refractivity contribution in [3.63, 3.8) is 0 Å². The van der Waals surface area contributed by atoms with Crippen LogP contribution in [0.15, 0.2) is 36.5 Å². The zero-order valence-electron chi connectivity index (χ0n) is 12.1. The lowest BCUT2D eigenvalue weighted by atomic mass is 10.3. The van der Waals surface area contributed by atoms with Gasteiger partial charge in [-0.05, 0) is 18.6 Å². The molecule has 0 fully saturated rings. The van der Waals surface area contributed by atoms with Crippen LogP contribution in [0.3, 0.4) is 0 Å². The number of ether oxygens (including phenoxy) is 2. The van der Waals surface area contributed by atoms with Crippen molar-refractivity contribution in [2.75, 3.05) is 30.8 Å². The van der Waals surface area contributed by atoms with Gasteiger partial charge < -0.3 is 20.5 Å². The summed E-state index contributed by atoms with van der Waals surface area (Å²) in [6.07, 6.45) is 2.61. The normalized spacial score (nSPS) is 10.1. The van der Waals surface area contributed by atoms with Crippen LogP contribution in [0.25, 0.3) is 0 Å². The molecule has 0 unspecified atom stereocenters. The number of benzene rings is 1. The van der Waals surface area contributed by atoms with E-state index in [0.717, 1.165) is 12.2 Å². The van der Waals surface area contributed by atoms with E-state index >= 15 is 0 Å². The van der Waals surface area contributed by atoms with Crippen molar-refractivity contribution in [1.29, 1.82) is 0 Å². The first kappa shape index (κ1) is 14.9. The molecule has 21 heavy (non-hydrogen) atoms. The number of rotatable bonds is 8. The Kier molecular flexibility index (Phi) is 5.63. The Morgan fingerprint density at radius 2 is 2.10 bits per heavy atom. The third-order valence-electron chi connectivity index (χ3n) is 2.60. The Balaban J connectivity index is 1.75. The van der Waals surface area contributed by atoms with Crippen LogP contribution in [0.2, 0.25) is 0 Å². The van der Waals surface area contributed by atoms with E-state index < -0.39 is 0 Å². The minimum absolute atomic E-state index is 0.493. The summed E-state index contributed by atoms with van der Waals surface area (Å²) in [5.41, 5.74) is 6.37. The predicted molar refractivity (Wildman–Crippen MR) is 82.7 cm³/mol. The molecule has 112 valence electrons. The van der Waals surface area contributed by atoms with E-state index in [2.05, 4.69) is 15.3 Å². The van der Waals surface area contributed by atoms with Gasteiger partial charge in [-0.15, -0.1) is 0 Å². The summed E-state index contributed by atoms with van der Waals surface area (Å²) in [4.78, 5) is 8.38. The van der Waals surface area contributed by atoms with E-state index in [1.165, 1.54) is 0 Å². The van der Waals surface area contributed by atoms with Crippen molar-refractivity contribution in [3.05, 3.63) is 36.5 Å². The average molecular weight is 288 g/mol. The van der Waals surface area contributed by atoms with Crippen LogP contribution in [-0.2, 0) is 0 Å². The summed E-state index contributed by atoms with van der Waals surface area (Å²) >= 11 is 0. The highest BCUT2D eigenvalue weighted by Crippen LogP contribution is 2.14. The van der Waals surface area contributed by atoms with Crippen molar-refractivity contribution in [2.45, 2.75) is 13.3 Å². The van der Waals surface area contributed by atoms with Crippen molar-refractivity contribution < 1.29 is 9.47 Å². The second kappa shape index (κ2) is 7.94. The molecule has 0 atom stereocenters. The fourth-order valence-electron chi connectivity index (χ4n) is 1.65. The molecule has 6 heteroatoms. The smallest absolute Gasteiger partial charge is 0.226 e.